The zero-order chi connectivity index (χ0) is 52.8. The second-order valence-corrected chi connectivity index (χ2v) is 20.1. The quantitative estimate of drug-likeness (QED) is 0.0540. The van der Waals surface area contributed by atoms with Crippen LogP contribution in [0.25, 0.3) is 0 Å². The normalized spacial score (nSPS) is 12.9. The van der Waals surface area contributed by atoms with Crippen molar-refractivity contribution < 1.29 is 15.1 Å². The number of rotatable bonds is 16. The third-order valence-electron chi connectivity index (χ3n) is 14.2. The van der Waals surface area contributed by atoms with Gasteiger partial charge in [0.2, 0.25) is 0 Å². The first-order chi connectivity index (χ1) is 36.0. The Morgan fingerprint density at radius 1 is 0.447 bits per heavy atom. The zero-order valence-corrected chi connectivity index (χ0v) is 48.1. The van der Waals surface area contributed by atoms with Gasteiger partial charge in [-0.1, -0.05) is 272 Å². The van der Waals surface area contributed by atoms with Crippen molar-refractivity contribution in [1.29, 1.82) is 0 Å². The number of halogens is 1. The summed E-state index contributed by atoms with van der Waals surface area (Å²) in [5.41, 5.74) is 18.5. The van der Waals surface area contributed by atoms with Crippen LogP contribution in [0.2, 0.25) is 0 Å². The van der Waals surface area contributed by atoms with Gasteiger partial charge in [0, 0.05) is 35.0 Å². The Morgan fingerprint density at radius 3 is 0.974 bits per heavy atom. The molecule has 8 aromatic rings. The average molecular weight is 1100 g/mol. The molecule has 0 unspecified atom stereocenters. The topological polar surface area (TPSA) is 6.48 Å². The van der Waals surface area contributed by atoms with Gasteiger partial charge in [-0.15, -0.1) is 13.2 Å². The summed E-state index contributed by atoms with van der Waals surface area (Å²) in [7, 11) is 4.20. The Hall–Kier alpha value is -6.00. The number of nitrogens with zero attached hydrogens (tertiary/aromatic N) is 2. The van der Waals surface area contributed by atoms with E-state index in [-0.39, 0.29) is 44.6 Å². The summed E-state index contributed by atoms with van der Waals surface area (Å²) in [4.78, 5) is 4.77. The van der Waals surface area contributed by atoms with Crippen LogP contribution < -0.4 is 9.80 Å². The van der Waals surface area contributed by atoms with Gasteiger partial charge in [0.05, 0.1) is 0 Å². The molecule has 4 atom stereocenters. The first-order valence-electron chi connectivity index (χ1n) is 26.4. The monoisotopic (exact) mass is 1090 g/mol. The van der Waals surface area contributed by atoms with Gasteiger partial charge in [0.25, 0.3) is 0 Å². The number of hydrogen-bond donors (Lipinski definition) is 0. The fourth-order valence-electron chi connectivity index (χ4n) is 9.91. The Labute approximate surface area is 479 Å². The molecule has 0 N–H and O–H groups in total. The molecule has 0 aromatic heterocycles. The summed E-state index contributed by atoms with van der Waals surface area (Å²) < 4.78 is 0. The minimum atomic E-state index is 0. The second-order valence-electron chi connectivity index (χ2n) is 20.1. The molecule has 1 heterocycles. The van der Waals surface area contributed by atoms with Gasteiger partial charge >= 0.3 is 25.2 Å². The van der Waals surface area contributed by atoms with Crippen LogP contribution in [0.4, 0.5) is 11.4 Å². The Morgan fingerprint density at radius 2 is 0.711 bits per heavy atom. The van der Waals surface area contributed by atoms with E-state index in [0.29, 0.717) is 0 Å². The van der Waals surface area contributed by atoms with Gasteiger partial charge in [0.15, 0.2) is 0 Å². The molecule has 0 aliphatic carbocycles. The van der Waals surface area contributed by atoms with Crippen molar-refractivity contribution in [2.45, 2.75) is 112 Å². The molecule has 8 aromatic carbocycles. The van der Waals surface area contributed by atoms with Crippen LogP contribution in [0, 0.1) is 26.4 Å². The minimum absolute atomic E-state index is 0. The molecule has 0 spiro atoms. The number of benzene rings is 8. The van der Waals surface area contributed by atoms with Crippen molar-refractivity contribution >= 4 is 35.0 Å². The molecule has 1 aliphatic heterocycles. The average Bonchev–Trinajstić information content (AvgIpc) is 3.96. The third-order valence-corrected chi connectivity index (χ3v) is 14.2. The third kappa shape index (κ3) is 17.5. The Bertz CT molecular complexity index is 2630. The van der Waals surface area contributed by atoms with Crippen LogP contribution in [-0.4, -0.2) is 0 Å². The van der Waals surface area contributed by atoms with Crippen LogP contribution in [0.15, 0.2) is 231 Å². The SMILES string of the molecule is C.C=CCCc1ccccc1.CC(C)CCc1ccccc1.Cc1cc([C@H](C)c2ccccc2)c(N2C=CN(c3c([C@H](C)c4ccccc4)cc(C)cc3[C@H](C)c3ccccc3)[CH-]2)c([C@H](C)c2ccccc2)c1.S.[Cl][Cu+]. The first kappa shape index (κ1) is 62.5. The predicted molar refractivity (Wildman–Crippen MR) is 334 cm³/mol. The van der Waals surface area contributed by atoms with E-state index in [1.165, 1.54) is 91.0 Å². The van der Waals surface area contributed by atoms with E-state index in [9.17, 15) is 0 Å². The fourth-order valence-corrected chi connectivity index (χ4v) is 9.91. The van der Waals surface area contributed by atoms with E-state index < -0.39 is 0 Å². The predicted octanol–water partition coefficient (Wildman–Crippen LogP) is 20.3. The molecule has 0 fully saturated rings. The molecular formula is C71H83ClCuN2S. The molecule has 0 radical (unpaired) electrons. The summed E-state index contributed by atoms with van der Waals surface area (Å²) in [6.07, 6.45) is 11.2. The summed E-state index contributed by atoms with van der Waals surface area (Å²) in [6, 6.07) is 74.4. The molecule has 1 aliphatic rings. The Balaban J connectivity index is 0.000000413. The van der Waals surface area contributed by atoms with Gasteiger partial charge in [-0.25, -0.2) is 0 Å². The van der Waals surface area contributed by atoms with E-state index in [0.717, 1.165) is 18.8 Å². The van der Waals surface area contributed by atoms with Crippen molar-refractivity contribution in [3.63, 3.8) is 0 Å². The van der Waals surface area contributed by atoms with Crippen molar-refractivity contribution in [3.8, 4) is 0 Å². The number of anilines is 2. The molecule has 5 heteroatoms. The zero-order valence-electron chi connectivity index (χ0n) is 45.4. The van der Waals surface area contributed by atoms with Crippen molar-refractivity contribution in [2.75, 3.05) is 9.80 Å². The van der Waals surface area contributed by atoms with Gasteiger partial charge in [0.1, 0.15) is 0 Å². The van der Waals surface area contributed by atoms with Crippen LogP contribution in [0.1, 0.15) is 152 Å². The van der Waals surface area contributed by atoms with Crippen LogP contribution in [0.5, 0.6) is 0 Å². The standard InChI is InChI=1S/C49H49N2.C11H16.C10H12.CH4.ClH.Cu.H2S/c1-34-29-44(36(3)40-19-11-7-12-20-40)48(45(30-34)37(4)41-21-13-8-14-22-41)50-27-28-51(33-50)49-46(38(5)42-23-15-9-16-24-42)31-35(2)32-47(49)39(6)43-25-17-10-18-26-43;1-10(2)8-9-11-6-4-3-5-7-11;1-2-3-7-10-8-5-4-6-9-10;;;;/h7-33,36-39H,1-6H3;3-7,10H,8-9H2,1-2H3;2,4-6,8-9H,1,3,7H2;1H4;1H;;1H2/q-1;;;;;+2;/p-1/t36-,37-,38-,39-;;;;;;/m1....../s1. The maximum absolute atomic E-state index is 4.20. The van der Waals surface area contributed by atoms with Gasteiger partial charge in [-0.05, 0) is 113 Å². The van der Waals surface area contributed by atoms with Gasteiger partial charge < -0.3 is 9.80 Å². The number of aryl methyl sites for hydroxylation is 4. The molecule has 0 bridgehead atoms. The van der Waals surface area contributed by atoms with Crippen LogP contribution in [-0.2, 0) is 27.9 Å². The van der Waals surface area contributed by atoms with E-state index in [2.05, 4.69) is 316 Å². The summed E-state index contributed by atoms with van der Waals surface area (Å²) in [5.74, 6) is 1.65. The summed E-state index contributed by atoms with van der Waals surface area (Å²) in [5, 5.41) is 0. The van der Waals surface area contributed by atoms with Crippen molar-refractivity contribution in [3.05, 3.63) is 305 Å². The Kier molecular flexibility index (Phi) is 26.8. The molecule has 0 saturated carbocycles. The molecule has 76 heavy (non-hydrogen) atoms. The van der Waals surface area contributed by atoms with E-state index in [1.54, 1.807) is 0 Å². The summed E-state index contributed by atoms with van der Waals surface area (Å²) in [6.45, 7) is 24.4. The molecule has 9 rings (SSSR count). The van der Waals surface area contributed by atoms with Crippen molar-refractivity contribution in [2.24, 2.45) is 5.92 Å². The molecule has 401 valence electrons. The van der Waals surface area contributed by atoms with Crippen LogP contribution >= 0.6 is 23.6 Å². The number of hydrogen-bond acceptors (Lipinski definition) is 2. The molecule has 0 amide bonds. The van der Waals surface area contributed by atoms with Gasteiger partial charge in [-0.2, -0.15) is 13.5 Å². The summed E-state index contributed by atoms with van der Waals surface area (Å²) >= 11 is 3.66. The number of allylic oxidation sites excluding steroid dienone is 1. The van der Waals surface area contributed by atoms with Gasteiger partial charge in [-0.3, -0.25) is 0 Å². The van der Waals surface area contributed by atoms with E-state index in [1.807, 2.05) is 12.1 Å². The molecule has 2 nitrogen and oxygen atoms in total. The maximum atomic E-state index is 4.20. The molecule has 0 saturated heterocycles. The van der Waals surface area contributed by atoms with E-state index >= 15 is 0 Å². The van der Waals surface area contributed by atoms with Crippen LogP contribution in [0.3, 0.4) is 0 Å². The second kappa shape index (κ2) is 32.6. The molecular weight excluding hydrogens is 1010 g/mol. The first-order valence-corrected chi connectivity index (χ1v) is 27.7. The van der Waals surface area contributed by atoms with E-state index in [4.69, 9.17) is 0 Å². The van der Waals surface area contributed by atoms with Crippen molar-refractivity contribution in [1.82, 2.24) is 0 Å². The fraction of sp³-hybridized carbons (Fsp3) is 0.254.